The van der Waals surface area contributed by atoms with Crippen molar-refractivity contribution in [3.63, 3.8) is 0 Å². The lowest BCUT2D eigenvalue weighted by molar-refractivity contribution is -0.143. The molecule has 0 aromatic heterocycles. The van der Waals surface area contributed by atoms with E-state index in [2.05, 4.69) is 15.6 Å². The van der Waals surface area contributed by atoms with Gasteiger partial charge in [0.25, 0.3) is 0 Å². The van der Waals surface area contributed by atoms with Crippen LogP contribution >= 0.6 is 24.0 Å². The molecule has 2 unspecified atom stereocenters. The Kier molecular flexibility index (Phi) is 10.3. The van der Waals surface area contributed by atoms with Gasteiger partial charge in [-0.1, -0.05) is 0 Å². The average molecular weight is 518 g/mol. The van der Waals surface area contributed by atoms with Gasteiger partial charge in [-0.05, 0) is 44.5 Å². The molecule has 0 radical (unpaired) electrons. The van der Waals surface area contributed by atoms with Crippen LogP contribution in [-0.2, 0) is 0 Å². The van der Waals surface area contributed by atoms with Crippen LogP contribution < -0.4 is 15.4 Å². The quantitative estimate of drug-likeness (QED) is 0.252. The standard InChI is InChI=1S/C18H26F4N4O.HI/c1-3-23-17(25-15-8-9-26(11-15)12-18(20,21)22)24-10-13(2)27-16-6-4-14(19)5-7-16;/h4-7,13,15H,3,8-12H2,1-2H3,(H2,23,24,25);1H. The molecule has 1 heterocycles. The lowest BCUT2D eigenvalue weighted by Gasteiger charge is -2.20. The van der Waals surface area contributed by atoms with Gasteiger partial charge in [0.1, 0.15) is 17.7 Å². The van der Waals surface area contributed by atoms with E-state index in [9.17, 15) is 17.6 Å². The van der Waals surface area contributed by atoms with Crippen LogP contribution in [0.2, 0.25) is 0 Å². The Morgan fingerprint density at radius 1 is 1.32 bits per heavy atom. The topological polar surface area (TPSA) is 48.9 Å². The Morgan fingerprint density at radius 3 is 2.61 bits per heavy atom. The highest BCUT2D eigenvalue weighted by Gasteiger charge is 2.34. The number of guanidine groups is 1. The zero-order valence-corrected chi connectivity index (χ0v) is 18.3. The Balaban J connectivity index is 0.00000392. The Bertz CT molecular complexity index is 613. The second-order valence-electron chi connectivity index (χ2n) is 6.58. The summed E-state index contributed by atoms with van der Waals surface area (Å²) in [6.45, 7) is 4.59. The fourth-order valence-electron chi connectivity index (χ4n) is 2.86. The molecule has 1 fully saturated rings. The second-order valence-corrected chi connectivity index (χ2v) is 6.58. The van der Waals surface area contributed by atoms with Crippen molar-refractivity contribution in [1.82, 2.24) is 15.5 Å². The van der Waals surface area contributed by atoms with Crippen molar-refractivity contribution in [2.75, 3.05) is 32.7 Å². The summed E-state index contributed by atoms with van der Waals surface area (Å²) in [5.41, 5.74) is 0. The molecule has 5 nitrogen and oxygen atoms in total. The summed E-state index contributed by atoms with van der Waals surface area (Å²) in [6, 6.07) is 5.66. The van der Waals surface area contributed by atoms with Crippen LogP contribution in [0.4, 0.5) is 17.6 Å². The lowest BCUT2D eigenvalue weighted by Crippen LogP contribution is -2.45. The molecule has 0 amide bonds. The number of benzene rings is 1. The first kappa shape index (κ1) is 24.7. The predicted molar refractivity (Wildman–Crippen MR) is 112 cm³/mol. The minimum absolute atomic E-state index is 0. The maximum Gasteiger partial charge on any atom is 0.401 e. The minimum atomic E-state index is -4.18. The van der Waals surface area contributed by atoms with Gasteiger partial charge in [-0.3, -0.25) is 4.90 Å². The largest absolute Gasteiger partial charge is 0.489 e. The van der Waals surface area contributed by atoms with Gasteiger partial charge in [0, 0.05) is 25.7 Å². The molecule has 1 saturated heterocycles. The van der Waals surface area contributed by atoms with Gasteiger partial charge >= 0.3 is 6.18 Å². The molecule has 2 N–H and O–H groups in total. The van der Waals surface area contributed by atoms with Crippen molar-refractivity contribution < 1.29 is 22.3 Å². The normalized spacial score (nSPS) is 19.1. The number of nitrogens with zero attached hydrogens (tertiary/aromatic N) is 2. The summed E-state index contributed by atoms with van der Waals surface area (Å²) in [6.07, 6.45) is -3.79. The van der Waals surface area contributed by atoms with E-state index in [-0.39, 0.29) is 41.9 Å². The van der Waals surface area contributed by atoms with Crippen molar-refractivity contribution in [2.24, 2.45) is 4.99 Å². The van der Waals surface area contributed by atoms with E-state index in [0.29, 0.717) is 44.3 Å². The molecule has 1 aliphatic heterocycles. The van der Waals surface area contributed by atoms with Crippen LogP contribution in [0.3, 0.4) is 0 Å². The number of halogens is 5. The van der Waals surface area contributed by atoms with E-state index >= 15 is 0 Å². The van der Waals surface area contributed by atoms with E-state index in [1.165, 1.54) is 17.0 Å². The first-order valence-electron chi connectivity index (χ1n) is 9.01. The van der Waals surface area contributed by atoms with Crippen molar-refractivity contribution in [2.45, 2.75) is 38.6 Å². The molecule has 1 aromatic rings. The zero-order chi connectivity index (χ0) is 19.9. The van der Waals surface area contributed by atoms with Gasteiger partial charge in [-0.2, -0.15) is 13.2 Å². The third-order valence-electron chi connectivity index (χ3n) is 4.02. The van der Waals surface area contributed by atoms with Crippen molar-refractivity contribution in [1.29, 1.82) is 0 Å². The number of rotatable bonds is 7. The molecule has 1 aromatic carbocycles. The number of nitrogens with one attached hydrogen (secondary N) is 2. The SMILES string of the molecule is CCNC(=NCC(C)Oc1ccc(F)cc1)NC1CCN(CC(F)(F)F)C1.I. The van der Waals surface area contributed by atoms with E-state index in [1.807, 2.05) is 13.8 Å². The van der Waals surface area contributed by atoms with Crippen LogP contribution in [0.5, 0.6) is 5.75 Å². The molecule has 0 saturated carbocycles. The summed E-state index contributed by atoms with van der Waals surface area (Å²) in [7, 11) is 0. The highest BCUT2D eigenvalue weighted by Crippen LogP contribution is 2.20. The Morgan fingerprint density at radius 2 is 2.00 bits per heavy atom. The van der Waals surface area contributed by atoms with Gasteiger partial charge in [-0.25, -0.2) is 9.38 Å². The highest BCUT2D eigenvalue weighted by molar-refractivity contribution is 14.0. The van der Waals surface area contributed by atoms with E-state index in [4.69, 9.17) is 4.74 Å². The number of alkyl halides is 3. The maximum atomic E-state index is 12.9. The number of ether oxygens (including phenoxy) is 1. The van der Waals surface area contributed by atoms with Crippen LogP contribution in [0, 0.1) is 5.82 Å². The monoisotopic (exact) mass is 518 g/mol. The second kappa shape index (κ2) is 11.6. The molecule has 0 spiro atoms. The van der Waals surface area contributed by atoms with Gasteiger partial charge in [0.2, 0.25) is 0 Å². The summed E-state index contributed by atoms with van der Waals surface area (Å²) in [4.78, 5) is 5.84. The van der Waals surface area contributed by atoms with Crippen LogP contribution in [-0.4, -0.2) is 61.9 Å². The first-order chi connectivity index (χ1) is 12.7. The van der Waals surface area contributed by atoms with E-state index in [0.717, 1.165) is 0 Å². The third kappa shape index (κ3) is 9.26. The third-order valence-corrected chi connectivity index (χ3v) is 4.02. The number of likely N-dealkylation sites (tertiary alicyclic amines) is 1. The molecular weight excluding hydrogens is 491 g/mol. The molecule has 10 heteroatoms. The molecule has 2 rings (SSSR count). The van der Waals surface area contributed by atoms with E-state index < -0.39 is 12.7 Å². The molecule has 0 aliphatic carbocycles. The molecule has 28 heavy (non-hydrogen) atoms. The minimum Gasteiger partial charge on any atom is -0.489 e. The maximum absolute atomic E-state index is 12.9. The smallest absolute Gasteiger partial charge is 0.401 e. The van der Waals surface area contributed by atoms with Gasteiger partial charge < -0.3 is 15.4 Å². The predicted octanol–water partition coefficient (Wildman–Crippen LogP) is 3.40. The molecule has 1 aliphatic rings. The van der Waals surface area contributed by atoms with Crippen molar-refractivity contribution in [3.8, 4) is 5.75 Å². The van der Waals surface area contributed by atoms with Gasteiger partial charge in [0.05, 0.1) is 13.1 Å². The Labute approximate surface area is 179 Å². The number of hydrogen-bond acceptors (Lipinski definition) is 3. The molecule has 0 bridgehead atoms. The molecule has 160 valence electrons. The van der Waals surface area contributed by atoms with E-state index in [1.54, 1.807) is 12.1 Å². The summed E-state index contributed by atoms with van der Waals surface area (Å²) >= 11 is 0. The zero-order valence-electron chi connectivity index (χ0n) is 15.9. The van der Waals surface area contributed by atoms with Crippen molar-refractivity contribution >= 4 is 29.9 Å². The molecular formula is C18H27F4IN4O. The lowest BCUT2D eigenvalue weighted by atomic mass is 10.3. The van der Waals surface area contributed by atoms with Crippen LogP contribution in [0.25, 0.3) is 0 Å². The van der Waals surface area contributed by atoms with Gasteiger partial charge in [0.15, 0.2) is 5.96 Å². The summed E-state index contributed by atoms with van der Waals surface area (Å²) in [5.74, 6) is 0.768. The summed E-state index contributed by atoms with van der Waals surface area (Å²) < 4.78 is 56.1. The fraction of sp³-hybridized carbons (Fsp3) is 0.611. The highest BCUT2D eigenvalue weighted by atomic mass is 127. The van der Waals surface area contributed by atoms with Crippen LogP contribution in [0.1, 0.15) is 20.3 Å². The van der Waals surface area contributed by atoms with Crippen molar-refractivity contribution in [3.05, 3.63) is 30.1 Å². The van der Waals surface area contributed by atoms with Crippen LogP contribution in [0.15, 0.2) is 29.3 Å². The summed E-state index contributed by atoms with van der Waals surface area (Å²) in [5, 5.41) is 6.28. The number of hydrogen-bond donors (Lipinski definition) is 2. The molecule has 2 atom stereocenters. The first-order valence-corrected chi connectivity index (χ1v) is 9.01. The number of aliphatic imine (C=N–C) groups is 1. The fourth-order valence-corrected chi connectivity index (χ4v) is 2.86. The Hall–Kier alpha value is -1.30. The average Bonchev–Trinajstić information content (AvgIpc) is 3.00. The van der Waals surface area contributed by atoms with Gasteiger partial charge in [-0.15, -0.1) is 24.0 Å².